The van der Waals surface area contributed by atoms with Crippen molar-refractivity contribution in [2.45, 2.75) is 6.42 Å². The number of halogens is 1. The maximum Gasteiger partial charge on any atom is 0.123 e. The Bertz CT molecular complexity index is 743. The second-order valence-electron chi connectivity index (χ2n) is 4.50. The van der Waals surface area contributed by atoms with Crippen molar-refractivity contribution in [3.63, 3.8) is 0 Å². The molecule has 0 radical (unpaired) electrons. The van der Waals surface area contributed by atoms with Crippen LogP contribution in [-0.4, -0.2) is 17.1 Å². The molecule has 0 saturated heterocycles. The van der Waals surface area contributed by atoms with E-state index in [2.05, 4.69) is 9.97 Å². The Kier molecular flexibility index (Phi) is 3.92. The van der Waals surface area contributed by atoms with E-state index in [1.165, 1.54) is 12.1 Å². The van der Waals surface area contributed by atoms with E-state index < -0.39 is 0 Å². The molecule has 106 valence electrons. The quantitative estimate of drug-likeness (QED) is 0.732. The molecule has 2 aromatic heterocycles. The first-order valence-electron chi connectivity index (χ1n) is 6.43. The lowest BCUT2D eigenvalue weighted by Crippen LogP contribution is -1.94. The highest BCUT2D eigenvalue weighted by Gasteiger charge is 2.10. The van der Waals surface area contributed by atoms with Gasteiger partial charge in [-0.1, -0.05) is 0 Å². The van der Waals surface area contributed by atoms with E-state index in [9.17, 15) is 4.39 Å². The van der Waals surface area contributed by atoms with Gasteiger partial charge < -0.3 is 4.74 Å². The van der Waals surface area contributed by atoms with Crippen LogP contribution in [0.4, 0.5) is 4.39 Å². The zero-order valence-corrected chi connectivity index (χ0v) is 12.2. The number of benzene rings is 1. The summed E-state index contributed by atoms with van der Waals surface area (Å²) in [6, 6.07) is 8.37. The molecule has 0 spiro atoms. The zero-order chi connectivity index (χ0) is 14.7. The van der Waals surface area contributed by atoms with Gasteiger partial charge in [0.25, 0.3) is 0 Å². The third kappa shape index (κ3) is 3.08. The predicted molar refractivity (Wildman–Crippen MR) is 81.1 cm³/mol. The summed E-state index contributed by atoms with van der Waals surface area (Å²) in [5.41, 5.74) is 2.66. The zero-order valence-electron chi connectivity index (χ0n) is 11.4. The fourth-order valence-electron chi connectivity index (χ4n) is 2.09. The minimum Gasteiger partial charge on any atom is -0.496 e. The average molecular weight is 300 g/mol. The summed E-state index contributed by atoms with van der Waals surface area (Å²) in [6.45, 7) is 0. The Morgan fingerprint density at radius 1 is 1.29 bits per heavy atom. The van der Waals surface area contributed by atoms with E-state index in [0.29, 0.717) is 12.2 Å². The summed E-state index contributed by atoms with van der Waals surface area (Å²) in [6.07, 6.45) is 4.06. The summed E-state index contributed by atoms with van der Waals surface area (Å²) in [4.78, 5) is 8.67. The number of methoxy groups -OCH3 is 1. The van der Waals surface area contributed by atoms with E-state index in [1.54, 1.807) is 36.9 Å². The van der Waals surface area contributed by atoms with Crippen LogP contribution < -0.4 is 4.74 Å². The fraction of sp³-hybridized carbons (Fsp3) is 0.125. The second kappa shape index (κ2) is 6.01. The highest BCUT2D eigenvalue weighted by Crippen LogP contribution is 2.26. The van der Waals surface area contributed by atoms with Crippen LogP contribution in [0.15, 0.2) is 48.1 Å². The van der Waals surface area contributed by atoms with Crippen LogP contribution in [0.1, 0.15) is 10.6 Å². The van der Waals surface area contributed by atoms with Gasteiger partial charge in [-0.05, 0) is 30.3 Å². The van der Waals surface area contributed by atoms with Crippen LogP contribution in [0, 0.1) is 5.82 Å². The molecular weight excluding hydrogens is 287 g/mol. The molecular formula is C16H13FN2OS. The molecule has 0 unspecified atom stereocenters. The Balaban J connectivity index is 1.87. The third-order valence-electron chi connectivity index (χ3n) is 3.09. The Labute approximate surface area is 126 Å². The van der Waals surface area contributed by atoms with E-state index in [1.807, 2.05) is 17.5 Å². The lowest BCUT2D eigenvalue weighted by Gasteiger charge is -2.06. The number of nitrogens with zero attached hydrogens (tertiary/aromatic N) is 2. The SMILES string of the molecule is COc1ccc(F)cc1Cc1nc(-c2cccnc2)cs1. The molecule has 3 rings (SSSR count). The van der Waals surface area contributed by atoms with Crippen molar-refractivity contribution in [2.75, 3.05) is 7.11 Å². The molecule has 2 heterocycles. The van der Waals surface area contributed by atoms with E-state index >= 15 is 0 Å². The molecule has 3 nitrogen and oxygen atoms in total. The molecule has 0 aliphatic heterocycles. The molecule has 0 atom stereocenters. The minimum atomic E-state index is -0.269. The Hall–Kier alpha value is -2.27. The molecule has 0 saturated carbocycles. The van der Waals surface area contributed by atoms with Gasteiger partial charge in [0.05, 0.1) is 17.8 Å². The van der Waals surface area contributed by atoms with Gasteiger partial charge in [0, 0.05) is 35.3 Å². The summed E-state index contributed by atoms with van der Waals surface area (Å²) in [5, 5.41) is 2.90. The summed E-state index contributed by atoms with van der Waals surface area (Å²) < 4.78 is 18.6. The first-order chi connectivity index (χ1) is 10.3. The van der Waals surface area contributed by atoms with Crippen molar-refractivity contribution in [1.82, 2.24) is 9.97 Å². The van der Waals surface area contributed by atoms with Gasteiger partial charge in [-0.15, -0.1) is 11.3 Å². The topological polar surface area (TPSA) is 35.0 Å². The van der Waals surface area contributed by atoms with Gasteiger partial charge in [-0.25, -0.2) is 9.37 Å². The summed E-state index contributed by atoms with van der Waals surface area (Å²) in [7, 11) is 1.58. The van der Waals surface area contributed by atoms with Gasteiger partial charge >= 0.3 is 0 Å². The Morgan fingerprint density at radius 3 is 2.95 bits per heavy atom. The third-order valence-corrected chi connectivity index (χ3v) is 3.94. The van der Waals surface area contributed by atoms with Gasteiger partial charge in [0.15, 0.2) is 0 Å². The molecule has 0 aliphatic rings. The first-order valence-corrected chi connectivity index (χ1v) is 7.31. The number of ether oxygens (including phenoxy) is 1. The lowest BCUT2D eigenvalue weighted by molar-refractivity contribution is 0.409. The summed E-state index contributed by atoms with van der Waals surface area (Å²) in [5.74, 6) is 0.407. The second-order valence-corrected chi connectivity index (χ2v) is 5.44. The maximum absolute atomic E-state index is 13.4. The fourth-order valence-corrected chi connectivity index (χ4v) is 2.91. The number of thiazole rings is 1. The van der Waals surface area contributed by atoms with Crippen LogP contribution in [0.5, 0.6) is 5.75 Å². The van der Waals surface area contributed by atoms with Gasteiger partial charge in [-0.2, -0.15) is 0 Å². The number of rotatable bonds is 4. The van der Waals surface area contributed by atoms with Crippen LogP contribution in [0.3, 0.4) is 0 Å². The number of hydrogen-bond donors (Lipinski definition) is 0. The number of aromatic nitrogens is 2. The standard InChI is InChI=1S/C16H13FN2OS/c1-20-15-5-4-13(17)7-12(15)8-16-19-14(10-21-16)11-3-2-6-18-9-11/h2-7,9-10H,8H2,1H3. The van der Waals surface area contributed by atoms with Gasteiger partial charge in [0.1, 0.15) is 11.6 Å². The van der Waals surface area contributed by atoms with Crippen LogP contribution in [0.25, 0.3) is 11.3 Å². The first kappa shape index (κ1) is 13.7. The molecule has 0 amide bonds. The van der Waals surface area contributed by atoms with Crippen LogP contribution in [0.2, 0.25) is 0 Å². The van der Waals surface area contributed by atoms with Crippen molar-refractivity contribution in [3.05, 3.63) is 64.5 Å². The van der Waals surface area contributed by atoms with Crippen LogP contribution in [-0.2, 0) is 6.42 Å². The minimum absolute atomic E-state index is 0.269. The van der Waals surface area contributed by atoms with E-state index in [4.69, 9.17) is 4.74 Å². The average Bonchev–Trinajstić information content (AvgIpc) is 2.97. The van der Waals surface area contributed by atoms with Crippen molar-refractivity contribution in [1.29, 1.82) is 0 Å². The van der Waals surface area contributed by atoms with Crippen molar-refractivity contribution in [2.24, 2.45) is 0 Å². The van der Waals surface area contributed by atoms with Crippen molar-refractivity contribution in [3.8, 4) is 17.0 Å². The maximum atomic E-state index is 13.4. The normalized spacial score (nSPS) is 10.6. The largest absolute Gasteiger partial charge is 0.496 e. The van der Waals surface area contributed by atoms with Crippen molar-refractivity contribution < 1.29 is 9.13 Å². The van der Waals surface area contributed by atoms with Gasteiger partial charge in [-0.3, -0.25) is 4.98 Å². The number of pyridine rings is 1. The molecule has 0 N–H and O–H groups in total. The molecule has 5 heteroatoms. The van der Waals surface area contributed by atoms with E-state index in [-0.39, 0.29) is 5.82 Å². The van der Waals surface area contributed by atoms with Crippen LogP contribution >= 0.6 is 11.3 Å². The summed E-state index contributed by atoms with van der Waals surface area (Å²) >= 11 is 1.55. The Morgan fingerprint density at radius 2 is 2.19 bits per heavy atom. The highest BCUT2D eigenvalue weighted by atomic mass is 32.1. The molecule has 0 fully saturated rings. The molecule has 3 aromatic rings. The highest BCUT2D eigenvalue weighted by molar-refractivity contribution is 7.10. The lowest BCUT2D eigenvalue weighted by atomic mass is 10.1. The molecule has 21 heavy (non-hydrogen) atoms. The smallest absolute Gasteiger partial charge is 0.123 e. The monoisotopic (exact) mass is 300 g/mol. The van der Waals surface area contributed by atoms with Crippen molar-refractivity contribution >= 4 is 11.3 Å². The predicted octanol–water partition coefficient (Wildman–Crippen LogP) is 3.94. The number of hydrogen-bond acceptors (Lipinski definition) is 4. The van der Waals surface area contributed by atoms with Gasteiger partial charge in [0.2, 0.25) is 0 Å². The molecule has 0 bridgehead atoms. The molecule has 1 aromatic carbocycles. The molecule has 0 aliphatic carbocycles. The van der Waals surface area contributed by atoms with E-state index in [0.717, 1.165) is 21.8 Å².